The van der Waals surface area contributed by atoms with Gasteiger partial charge in [-0.05, 0) is 42.6 Å². The van der Waals surface area contributed by atoms with Crippen molar-refractivity contribution in [2.45, 2.75) is 33.2 Å². The van der Waals surface area contributed by atoms with Crippen LogP contribution in [0.2, 0.25) is 0 Å². The Morgan fingerprint density at radius 1 is 1.53 bits per heavy atom. The lowest BCUT2D eigenvalue weighted by Gasteiger charge is -2.14. The van der Waals surface area contributed by atoms with E-state index in [1.54, 1.807) is 0 Å². The number of halogens is 1. The van der Waals surface area contributed by atoms with Crippen LogP contribution < -0.4 is 11.2 Å². The van der Waals surface area contributed by atoms with Gasteiger partial charge in [-0.3, -0.25) is 14.3 Å². The van der Waals surface area contributed by atoms with Crippen molar-refractivity contribution in [2.75, 3.05) is 0 Å². The molecule has 5 nitrogen and oxygen atoms in total. The smallest absolute Gasteiger partial charge is 0.299 e. The third-order valence-electron chi connectivity index (χ3n) is 2.47. The molecule has 0 spiro atoms. The van der Waals surface area contributed by atoms with E-state index in [2.05, 4.69) is 27.0 Å². The average molecular weight is 300 g/mol. The summed E-state index contributed by atoms with van der Waals surface area (Å²) in [6.07, 6.45) is 2.88. The summed E-state index contributed by atoms with van der Waals surface area (Å²) in [4.78, 5) is 24.8. The van der Waals surface area contributed by atoms with Gasteiger partial charge in [0.1, 0.15) is 0 Å². The number of nitrogens with one attached hydrogen (secondary N) is 1. The summed E-state index contributed by atoms with van der Waals surface area (Å²) in [7, 11) is 0. The van der Waals surface area contributed by atoms with Crippen molar-refractivity contribution in [3.63, 3.8) is 0 Å². The number of aromatic amines is 1. The Morgan fingerprint density at radius 3 is 2.76 bits per heavy atom. The van der Waals surface area contributed by atoms with Gasteiger partial charge in [-0.1, -0.05) is 0 Å². The Labute approximate surface area is 107 Å². The van der Waals surface area contributed by atoms with Gasteiger partial charge in [0.15, 0.2) is 0 Å². The highest BCUT2D eigenvalue weighted by molar-refractivity contribution is 9.10. The molecule has 0 saturated carbocycles. The summed E-state index contributed by atoms with van der Waals surface area (Å²) in [6.45, 7) is 4.20. The lowest BCUT2D eigenvalue weighted by atomic mass is 9.90. The van der Waals surface area contributed by atoms with Crippen LogP contribution >= 0.6 is 15.9 Å². The van der Waals surface area contributed by atoms with Crippen molar-refractivity contribution in [1.29, 1.82) is 5.26 Å². The molecule has 0 unspecified atom stereocenters. The largest absolute Gasteiger partial charge is 0.328 e. The van der Waals surface area contributed by atoms with E-state index in [4.69, 9.17) is 5.26 Å². The number of H-pyrrole nitrogens is 1. The van der Waals surface area contributed by atoms with Crippen molar-refractivity contribution in [3.05, 3.63) is 31.5 Å². The quantitative estimate of drug-likeness (QED) is 0.918. The third-order valence-corrected chi connectivity index (χ3v) is 3.04. The van der Waals surface area contributed by atoms with Gasteiger partial charge in [-0.2, -0.15) is 5.26 Å². The Bertz CT molecular complexity index is 551. The summed E-state index contributed by atoms with van der Waals surface area (Å²) in [5.41, 5.74) is -1.24. The highest BCUT2D eigenvalue weighted by atomic mass is 79.9. The zero-order valence-electron chi connectivity index (χ0n) is 9.79. The van der Waals surface area contributed by atoms with Crippen molar-refractivity contribution in [1.82, 2.24) is 9.55 Å². The fraction of sp³-hybridized carbons (Fsp3) is 0.545. The number of aromatic nitrogens is 2. The van der Waals surface area contributed by atoms with Gasteiger partial charge in [0.25, 0.3) is 5.56 Å². The summed E-state index contributed by atoms with van der Waals surface area (Å²) < 4.78 is 1.76. The summed E-state index contributed by atoms with van der Waals surface area (Å²) in [6, 6.07) is 2.21. The SMILES string of the molecule is CC(C)(C#N)CCCn1cc(Br)c(=O)[nH]c1=O. The topological polar surface area (TPSA) is 78.7 Å². The first kappa shape index (κ1) is 13.7. The van der Waals surface area contributed by atoms with Crippen molar-refractivity contribution >= 4 is 15.9 Å². The summed E-state index contributed by atoms with van der Waals surface area (Å²) >= 11 is 3.07. The molecule has 92 valence electrons. The zero-order chi connectivity index (χ0) is 13.1. The van der Waals surface area contributed by atoms with E-state index in [1.165, 1.54) is 10.8 Å². The van der Waals surface area contributed by atoms with Crippen LogP contribution in [-0.4, -0.2) is 9.55 Å². The van der Waals surface area contributed by atoms with Gasteiger partial charge in [0.05, 0.1) is 16.0 Å². The fourth-order valence-electron chi connectivity index (χ4n) is 1.40. The standard InChI is InChI=1S/C11H14BrN3O2/c1-11(2,7-13)4-3-5-15-6-8(12)9(16)14-10(15)17/h6H,3-5H2,1-2H3,(H,14,16,17). The molecule has 0 aliphatic rings. The van der Waals surface area contributed by atoms with Gasteiger partial charge in [0, 0.05) is 12.7 Å². The van der Waals surface area contributed by atoms with E-state index < -0.39 is 11.2 Å². The van der Waals surface area contributed by atoms with Gasteiger partial charge in [0.2, 0.25) is 0 Å². The van der Waals surface area contributed by atoms with Crippen LogP contribution in [0.1, 0.15) is 26.7 Å². The van der Waals surface area contributed by atoms with E-state index in [0.717, 1.165) is 0 Å². The normalized spacial score (nSPS) is 11.2. The Kier molecular flexibility index (Phi) is 4.29. The molecule has 1 rings (SSSR count). The van der Waals surface area contributed by atoms with E-state index in [9.17, 15) is 9.59 Å². The highest BCUT2D eigenvalue weighted by Crippen LogP contribution is 2.20. The predicted octanol–water partition coefficient (Wildman–Crippen LogP) is 1.63. The maximum atomic E-state index is 11.4. The molecule has 6 heteroatoms. The first-order chi connectivity index (χ1) is 7.85. The van der Waals surface area contributed by atoms with Crippen molar-refractivity contribution in [3.8, 4) is 6.07 Å². The van der Waals surface area contributed by atoms with Crippen LogP contribution in [0.5, 0.6) is 0 Å². The molecular weight excluding hydrogens is 286 g/mol. The van der Waals surface area contributed by atoms with Crippen LogP contribution in [0.3, 0.4) is 0 Å². The van der Waals surface area contributed by atoms with Crippen molar-refractivity contribution in [2.24, 2.45) is 5.41 Å². The number of hydrogen-bond donors (Lipinski definition) is 1. The second kappa shape index (κ2) is 5.32. The zero-order valence-corrected chi connectivity index (χ0v) is 11.4. The molecule has 1 aromatic heterocycles. The van der Waals surface area contributed by atoms with Crippen LogP contribution in [-0.2, 0) is 6.54 Å². The Balaban J connectivity index is 2.72. The van der Waals surface area contributed by atoms with Crippen LogP contribution in [0, 0.1) is 16.7 Å². The number of nitriles is 1. The highest BCUT2D eigenvalue weighted by Gasteiger charge is 2.15. The second-order valence-electron chi connectivity index (χ2n) is 4.53. The number of aryl methyl sites for hydroxylation is 1. The molecule has 0 saturated heterocycles. The molecule has 0 amide bonds. The molecule has 0 aliphatic carbocycles. The monoisotopic (exact) mass is 299 g/mol. The summed E-state index contributed by atoms with van der Waals surface area (Å²) in [5.74, 6) is 0. The third kappa shape index (κ3) is 3.86. The molecule has 0 radical (unpaired) electrons. The van der Waals surface area contributed by atoms with Gasteiger partial charge < -0.3 is 0 Å². The van der Waals surface area contributed by atoms with Crippen molar-refractivity contribution < 1.29 is 0 Å². The molecule has 0 fully saturated rings. The molecule has 1 N–H and O–H groups in total. The molecule has 1 aromatic rings. The molecule has 0 atom stereocenters. The van der Waals surface area contributed by atoms with Gasteiger partial charge in [-0.15, -0.1) is 0 Å². The lowest BCUT2D eigenvalue weighted by Crippen LogP contribution is -2.30. The van der Waals surface area contributed by atoms with E-state index in [1.807, 2.05) is 13.8 Å². The minimum Gasteiger partial charge on any atom is -0.299 e. The van der Waals surface area contributed by atoms with E-state index in [-0.39, 0.29) is 5.41 Å². The average Bonchev–Trinajstić information content (AvgIpc) is 2.25. The Morgan fingerprint density at radius 2 is 2.18 bits per heavy atom. The summed E-state index contributed by atoms with van der Waals surface area (Å²) in [5, 5.41) is 8.85. The van der Waals surface area contributed by atoms with Crippen LogP contribution in [0.15, 0.2) is 20.3 Å². The molecule has 0 aromatic carbocycles. The Hall–Kier alpha value is -1.35. The molecule has 0 bridgehead atoms. The van der Waals surface area contributed by atoms with Crippen LogP contribution in [0.4, 0.5) is 0 Å². The maximum absolute atomic E-state index is 11.4. The predicted molar refractivity (Wildman–Crippen MR) is 67.7 cm³/mol. The van der Waals surface area contributed by atoms with Gasteiger partial charge in [-0.25, -0.2) is 4.79 Å². The minimum atomic E-state index is -0.427. The number of nitrogens with zero attached hydrogens (tertiary/aromatic N) is 2. The minimum absolute atomic E-state index is 0.330. The molecular formula is C11H14BrN3O2. The van der Waals surface area contributed by atoms with E-state index in [0.29, 0.717) is 23.9 Å². The lowest BCUT2D eigenvalue weighted by molar-refractivity contribution is 0.411. The maximum Gasteiger partial charge on any atom is 0.328 e. The number of hydrogen-bond acceptors (Lipinski definition) is 3. The molecule has 1 heterocycles. The van der Waals surface area contributed by atoms with Crippen LogP contribution in [0.25, 0.3) is 0 Å². The molecule has 17 heavy (non-hydrogen) atoms. The molecule has 0 aliphatic heterocycles. The number of rotatable bonds is 4. The second-order valence-corrected chi connectivity index (χ2v) is 5.38. The van der Waals surface area contributed by atoms with E-state index >= 15 is 0 Å². The fourth-order valence-corrected chi connectivity index (χ4v) is 1.74. The first-order valence-electron chi connectivity index (χ1n) is 5.26. The first-order valence-corrected chi connectivity index (χ1v) is 6.05. The van der Waals surface area contributed by atoms with Gasteiger partial charge >= 0.3 is 5.69 Å².